The van der Waals surface area contributed by atoms with E-state index in [1.807, 2.05) is 62.4 Å². The number of aromatic nitrogens is 4. The van der Waals surface area contributed by atoms with Crippen LogP contribution in [0.3, 0.4) is 0 Å². The van der Waals surface area contributed by atoms with Crippen molar-refractivity contribution in [2.24, 2.45) is 0 Å². The molecule has 0 saturated heterocycles. The van der Waals surface area contributed by atoms with Gasteiger partial charge in [0.1, 0.15) is 19.3 Å². The smallest absolute Gasteiger partial charge is 0.335 e. The normalized spacial score (nSPS) is 13.6. The fraction of sp³-hybridized carbons (Fsp3) is 0.424. The molecule has 2 aromatic carbocycles. The van der Waals surface area contributed by atoms with E-state index in [-0.39, 0.29) is 26.2 Å². The lowest BCUT2D eigenvalue weighted by Gasteiger charge is -2.24. The van der Waals surface area contributed by atoms with Gasteiger partial charge in [0.05, 0.1) is 19.0 Å². The molecule has 0 aliphatic rings. The molecule has 4 unspecified atom stereocenters. The maximum atomic E-state index is 13.1. The van der Waals surface area contributed by atoms with Crippen LogP contribution in [0.4, 0.5) is 0 Å². The van der Waals surface area contributed by atoms with E-state index in [0.717, 1.165) is 10.1 Å². The van der Waals surface area contributed by atoms with E-state index in [1.165, 1.54) is 4.57 Å². The number of carboxylic acids is 2. The van der Waals surface area contributed by atoms with Crippen molar-refractivity contribution in [3.05, 3.63) is 87.3 Å². The summed E-state index contributed by atoms with van der Waals surface area (Å²) in [7, 11) is 1.74. The zero-order valence-corrected chi connectivity index (χ0v) is 27.9. The molecule has 2 aromatic heterocycles. The van der Waals surface area contributed by atoms with Crippen LogP contribution in [0.1, 0.15) is 19.4 Å². The summed E-state index contributed by atoms with van der Waals surface area (Å²) in [4.78, 5) is 51.6. The molecule has 4 rings (SSSR count). The van der Waals surface area contributed by atoms with Crippen molar-refractivity contribution in [1.82, 2.24) is 23.6 Å². The molecule has 0 aliphatic carbocycles. The predicted octanol–water partition coefficient (Wildman–Crippen LogP) is -0.411. The number of aliphatic carboxylic acids is 2. The van der Waals surface area contributed by atoms with Crippen molar-refractivity contribution in [2.45, 2.75) is 64.5 Å². The number of aliphatic hydroxyl groups excluding tert-OH is 4. The van der Waals surface area contributed by atoms with Crippen molar-refractivity contribution in [3.63, 3.8) is 0 Å². The summed E-state index contributed by atoms with van der Waals surface area (Å²) in [5.41, 5.74) is 0.726. The number of aliphatic hydroxyl groups is 4. The van der Waals surface area contributed by atoms with Gasteiger partial charge in [0.15, 0.2) is 34.9 Å². The van der Waals surface area contributed by atoms with Crippen molar-refractivity contribution in [2.75, 3.05) is 26.7 Å². The number of ether oxygens (including phenoxy) is 2. The summed E-state index contributed by atoms with van der Waals surface area (Å²) >= 11 is 0. The standard InChI is InChI=1S/C29H37N5O6.C4H6O6/c1-4-32-20-30-27-26(32)28(37)34(29(38)33(27)5-2)17-22(35)15-31(3)16-23(36)19-40-25-14-10-9-13-24(25)39-18-21-11-7-6-8-12-21;5-1(3(7)8)2(6)4(9)10/h6-14,20,22-23,35-36H,4-5,15-19H2,1-3H3;1-2,5-6H,(H,7,8)(H,9,10). The minimum Gasteiger partial charge on any atom is -0.487 e. The fourth-order valence-corrected chi connectivity index (χ4v) is 4.92. The first-order valence-electron chi connectivity index (χ1n) is 15.7. The van der Waals surface area contributed by atoms with Gasteiger partial charge in [-0.2, -0.15) is 0 Å². The molecule has 2 heterocycles. The third-order valence-electron chi connectivity index (χ3n) is 7.40. The highest BCUT2D eigenvalue weighted by atomic mass is 16.5. The number of hydrogen-bond acceptors (Lipinski definition) is 12. The minimum atomic E-state index is -2.27. The van der Waals surface area contributed by atoms with Crippen LogP contribution < -0.4 is 20.7 Å². The Labute approximate surface area is 286 Å². The molecule has 0 fully saturated rings. The summed E-state index contributed by atoms with van der Waals surface area (Å²) in [6.07, 6.45) is -4.86. The Hall–Kier alpha value is -5.07. The Bertz CT molecular complexity index is 1810. The van der Waals surface area contributed by atoms with Gasteiger partial charge in [-0.3, -0.25) is 13.9 Å². The SMILES string of the molecule is CCn1cnc2c1c(=O)n(CC(O)CN(C)CC(O)COc1ccccc1OCc1ccccc1)c(=O)n2CC.O=C(O)C(O)C(O)C(=O)O. The van der Waals surface area contributed by atoms with Gasteiger partial charge in [0.2, 0.25) is 0 Å². The van der Waals surface area contributed by atoms with Gasteiger partial charge in [-0.15, -0.1) is 0 Å². The van der Waals surface area contributed by atoms with Crippen LogP contribution in [0.25, 0.3) is 11.2 Å². The number of fused-ring (bicyclic) bond motifs is 1. The van der Waals surface area contributed by atoms with Crippen LogP contribution in [0.5, 0.6) is 11.5 Å². The van der Waals surface area contributed by atoms with E-state index in [1.54, 1.807) is 28.9 Å². The Balaban J connectivity index is 0.000000588. The van der Waals surface area contributed by atoms with Gasteiger partial charge in [-0.1, -0.05) is 42.5 Å². The van der Waals surface area contributed by atoms with Crippen molar-refractivity contribution in [1.29, 1.82) is 0 Å². The van der Waals surface area contributed by atoms with Crippen molar-refractivity contribution >= 4 is 23.1 Å². The van der Waals surface area contributed by atoms with Gasteiger partial charge in [-0.25, -0.2) is 19.4 Å². The van der Waals surface area contributed by atoms with Crippen LogP contribution in [0, 0.1) is 0 Å². The lowest BCUT2D eigenvalue weighted by molar-refractivity contribution is -0.165. The lowest BCUT2D eigenvalue weighted by atomic mass is 10.2. The summed E-state index contributed by atoms with van der Waals surface area (Å²) in [6, 6.07) is 17.1. The summed E-state index contributed by atoms with van der Waals surface area (Å²) in [5.74, 6) is -2.44. The number of aryl methyl sites for hydroxylation is 2. The van der Waals surface area contributed by atoms with E-state index in [4.69, 9.17) is 29.9 Å². The van der Waals surface area contributed by atoms with E-state index in [9.17, 15) is 29.4 Å². The Morgan fingerprint density at radius 3 is 1.92 bits per heavy atom. The first kappa shape index (κ1) is 39.4. The monoisotopic (exact) mass is 701 g/mol. The van der Waals surface area contributed by atoms with Crippen LogP contribution in [0.2, 0.25) is 0 Å². The highest BCUT2D eigenvalue weighted by molar-refractivity contribution is 5.83. The molecule has 0 radical (unpaired) electrons. The van der Waals surface area contributed by atoms with Gasteiger partial charge >= 0.3 is 17.6 Å². The zero-order valence-electron chi connectivity index (χ0n) is 27.9. The molecule has 50 heavy (non-hydrogen) atoms. The van der Waals surface area contributed by atoms with Crippen LogP contribution in [-0.2, 0) is 35.8 Å². The summed E-state index contributed by atoms with van der Waals surface area (Å²) in [6.45, 7) is 5.16. The number of para-hydroxylation sites is 2. The highest BCUT2D eigenvalue weighted by Crippen LogP contribution is 2.27. The molecule has 17 heteroatoms. The number of hydrogen-bond donors (Lipinski definition) is 6. The van der Waals surface area contributed by atoms with Gasteiger partial charge in [0, 0.05) is 26.2 Å². The molecule has 0 bridgehead atoms. The molecule has 0 aliphatic heterocycles. The topological polar surface area (TPSA) is 239 Å². The maximum Gasteiger partial charge on any atom is 0.335 e. The van der Waals surface area contributed by atoms with E-state index in [2.05, 4.69) is 4.98 Å². The van der Waals surface area contributed by atoms with E-state index in [0.29, 0.717) is 42.4 Å². The van der Waals surface area contributed by atoms with Crippen LogP contribution in [-0.4, -0.2) is 117 Å². The third kappa shape index (κ3) is 10.5. The zero-order chi connectivity index (χ0) is 37.0. The molecular formula is C33H43N5O12. The molecule has 0 spiro atoms. The number of imidazole rings is 1. The average molecular weight is 702 g/mol. The molecule has 6 N–H and O–H groups in total. The van der Waals surface area contributed by atoms with Gasteiger partial charge < -0.3 is 49.6 Å². The Morgan fingerprint density at radius 1 is 0.800 bits per heavy atom. The summed E-state index contributed by atoms with van der Waals surface area (Å²) in [5, 5.41) is 53.9. The average Bonchev–Trinajstić information content (AvgIpc) is 3.53. The molecule has 272 valence electrons. The van der Waals surface area contributed by atoms with E-state index < -0.39 is 47.6 Å². The van der Waals surface area contributed by atoms with Crippen molar-refractivity contribution in [3.8, 4) is 11.5 Å². The Morgan fingerprint density at radius 2 is 1.36 bits per heavy atom. The first-order valence-corrected chi connectivity index (χ1v) is 15.7. The molecule has 17 nitrogen and oxygen atoms in total. The van der Waals surface area contributed by atoms with E-state index >= 15 is 0 Å². The number of benzene rings is 2. The number of rotatable bonds is 17. The summed E-state index contributed by atoms with van der Waals surface area (Å²) < 4.78 is 15.9. The van der Waals surface area contributed by atoms with Gasteiger partial charge in [-0.05, 0) is 38.6 Å². The first-order chi connectivity index (χ1) is 23.8. The second kappa shape index (κ2) is 18.6. The Kier molecular flexibility index (Phi) is 14.7. The second-order valence-corrected chi connectivity index (χ2v) is 11.3. The molecule has 0 saturated carbocycles. The maximum absolute atomic E-state index is 13.1. The lowest BCUT2D eigenvalue weighted by Crippen LogP contribution is -2.45. The largest absolute Gasteiger partial charge is 0.487 e. The number of likely N-dealkylation sites (N-methyl/N-ethyl adjacent to an activating group) is 1. The minimum absolute atomic E-state index is 0.0183. The van der Waals surface area contributed by atoms with Gasteiger partial charge in [0.25, 0.3) is 5.56 Å². The van der Waals surface area contributed by atoms with Crippen LogP contribution >= 0.6 is 0 Å². The predicted molar refractivity (Wildman–Crippen MR) is 179 cm³/mol. The molecule has 4 atom stereocenters. The second-order valence-electron chi connectivity index (χ2n) is 11.3. The number of carbonyl (C=O) groups is 2. The molecular weight excluding hydrogens is 658 g/mol. The quantitative estimate of drug-likeness (QED) is 0.0821. The number of nitrogens with zero attached hydrogens (tertiary/aromatic N) is 5. The van der Waals surface area contributed by atoms with Crippen molar-refractivity contribution < 1.29 is 49.7 Å². The fourth-order valence-electron chi connectivity index (χ4n) is 4.92. The number of carboxylic acid groups (broad SMARTS) is 2. The highest BCUT2D eigenvalue weighted by Gasteiger charge is 2.29. The third-order valence-corrected chi connectivity index (χ3v) is 7.40. The molecule has 4 aromatic rings. The van der Waals surface area contributed by atoms with Crippen LogP contribution in [0.15, 0.2) is 70.5 Å². The molecule has 0 amide bonds.